The SMILES string of the molecule is CCC(=O)Nc1ccc(N2C(=S)N[C@H](c3ccccn3)[C@@H]2c2ccc(-c3ccccc3)o2)cc1OC. The average molecular weight is 499 g/mol. The Labute approximate surface area is 215 Å². The van der Waals surface area contributed by atoms with Gasteiger partial charge in [0, 0.05) is 29.9 Å². The van der Waals surface area contributed by atoms with Crippen LogP contribution in [0.15, 0.2) is 89.5 Å². The van der Waals surface area contributed by atoms with Gasteiger partial charge >= 0.3 is 0 Å². The van der Waals surface area contributed by atoms with E-state index in [1.165, 1.54) is 0 Å². The number of aromatic nitrogens is 1. The quantitative estimate of drug-likeness (QED) is 0.308. The number of hydrogen-bond acceptors (Lipinski definition) is 5. The van der Waals surface area contributed by atoms with Crippen LogP contribution < -0.4 is 20.3 Å². The number of nitrogens with zero attached hydrogens (tertiary/aromatic N) is 2. The Kier molecular flexibility index (Phi) is 6.69. The molecule has 1 aliphatic heterocycles. The first kappa shape index (κ1) is 23.6. The number of pyridine rings is 1. The molecule has 2 atom stereocenters. The van der Waals surface area contributed by atoms with Gasteiger partial charge in [0.1, 0.15) is 23.3 Å². The first-order valence-electron chi connectivity index (χ1n) is 11.7. The number of nitrogens with one attached hydrogen (secondary N) is 2. The summed E-state index contributed by atoms with van der Waals surface area (Å²) < 4.78 is 12.0. The van der Waals surface area contributed by atoms with E-state index in [-0.39, 0.29) is 18.0 Å². The van der Waals surface area contributed by atoms with E-state index < -0.39 is 0 Å². The van der Waals surface area contributed by atoms with Gasteiger partial charge in [-0.05, 0) is 48.6 Å². The normalized spacial score (nSPS) is 17.1. The summed E-state index contributed by atoms with van der Waals surface area (Å²) in [5, 5.41) is 6.86. The van der Waals surface area contributed by atoms with Crippen LogP contribution in [0.1, 0.15) is 36.9 Å². The van der Waals surface area contributed by atoms with Crippen LogP contribution >= 0.6 is 12.2 Å². The molecule has 8 heteroatoms. The zero-order chi connectivity index (χ0) is 25.1. The number of carbonyl (C=O) groups excluding carboxylic acids is 1. The number of thiocarbonyl (C=S) groups is 1. The van der Waals surface area contributed by atoms with E-state index in [1.54, 1.807) is 20.2 Å². The standard InChI is InChI=1S/C28H26N4O3S/c1-3-25(33)30-20-13-12-19(17-24(20)34-2)32-27(26(31-28(32)36)21-11-7-8-16-29-21)23-15-14-22(35-23)18-9-5-4-6-10-18/h4-17,26-27H,3H2,1-2H3,(H,30,33)(H,31,36)/t26-,27+/m1/s1. The zero-order valence-electron chi connectivity index (χ0n) is 20.0. The molecule has 0 saturated carbocycles. The lowest BCUT2D eigenvalue weighted by atomic mass is 10.0. The van der Waals surface area contributed by atoms with Crippen molar-refractivity contribution in [2.45, 2.75) is 25.4 Å². The lowest BCUT2D eigenvalue weighted by Gasteiger charge is -2.27. The van der Waals surface area contributed by atoms with Gasteiger partial charge in [0.25, 0.3) is 0 Å². The zero-order valence-corrected chi connectivity index (χ0v) is 20.8. The second-order valence-corrected chi connectivity index (χ2v) is 8.74. The van der Waals surface area contributed by atoms with Crippen molar-refractivity contribution >= 4 is 34.6 Å². The molecule has 2 N–H and O–H groups in total. The van der Waals surface area contributed by atoms with Gasteiger partial charge in [0.15, 0.2) is 5.11 Å². The lowest BCUT2D eigenvalue weighted by molar-refractivity contribution is -0.115. The summed E-state index contributed by atoms with van der Waals surface area (Å²) in [6, 6.07) is 24.8. The van der Waals surface area contributed by atoms with Crippen molar-refractivity contribution in [2.24, 2.45) is 0 Å². The molecule has 4 aromatic rings. The van der Waals surface area contributed by atoms with Crippen LogP contribution in [0.5, 0.6) is 5.75 Å². The summed E-state index contributed by atoms with van der Waals surface area (Å²) in [6.07, 6.45) is 2.15. The van der Waals surface area contributed by atoms with Crippen molar-refractivity contribution in [2.75, 3.05) is 17.3 Å². The molecule has 7 nitrogen and oxygen atoms in total. The number of anilines is 2. The number of carbonyl (C=O) groups is 1. The molecule has 1 saturated heterocycles. The van der Waals surface area contributed by atoms with Crippen molar-refractivity contribution in [3.8, 4) is 17.1 Å². The van der Waals surface area contributed by atoms with E-state index >= 15 is 0 Å². The topological polar surface area (TPSA) is 79.6 Å². The van der Waals surface area contributed by atoms with Crippen LogP contribution in [-0.4, -0.2) is 23.1 Å². The molecule has 0 spiro atoms. The predicted octanol–water partition coefficient (Wildman–Crippen LogP) is 5.88. The van der Waals surface area contributed by atoms with Gasteiger partial charge in [-0.2, -0.15) is 0 Å². The molecule has 2 aromatic carbocycles. The van der Waals surface area contributed by atoms with Crippen LogP contribution in [-0.2, 0) is 4.79 Å². The van der Waals surface area contributed by atoms with E-state index in [9.17, 15) is 4.79 Å². The first-order chi connectivity index (χ1) is 17.6. The van der Waals surface area contributed by atoms with Gasteiger partial charge < -0.3 is 24.7 Å². The van der Waals surface area contributed by atoms with E-state index in [1.807, 2.05) is 83.8 Å². The number of ether oxygens (including phenoxy) is 1. The van der Waals surface area contributed by atoms with Crippen molar-refractivity contribution in [1.29, 1.82) is 0 Å². The summed E-state index contributed by atoms with van der Waals surface area (Å²) in [4.78, 5) is 18.6. The van der Waals surface area contributed by atoms with Crippen LogP contribution in [0.3, 0.4) is 0 Å². The molecule has 5 rings (SSSR count). The monoisotopic (exact) mass is 498 g/mol. The average Bonchev–Trinajstić information content (AvgIpc) is 3.54. The predicted molar refractivity (Wildman–Crippen MR) is 144 cm³/mol. The molecule has 36 heavy (non-hydrogen) atoms. The maximum Gasteiger partial charge on any atom is 0.224 e. The van der Waals surface area contributed by atoms with Gasteiger partial charge in [0.2, 0.25) is 5.91 Å². The second kappa shape index (κ2) is 10.2. The number of rotatable bonds is 7. The smallest absolute Gasteiger partial charge is 0.224 e. The summed E-state index contributed by atoms with van der Waals surface area (Å²) >= 11 is 5.81. The number of hydrogen-bond donors (Lipinski definition) is 2. The minimum absolute atomic E-state index is 0.0865. The summed E-state index contributed by atoms with van der Waals surface area (Å²) in [5.41, 5.74) is 3.26. The number of amides is 1. The van der Waals surface area contributed by atoms with Crippen molar-refractivity contribution in [3.05, 3.63) is 96.5 Å². The lowest BCUT2D eigenvalue weighted by Crippen LogP contribution is -2.29. The Morgan fingerprint density at radius 3 is 2.64 bits per heavy atom. The van der Waals surface area contributed by atoms with E-state index in [0.717, 1.165) is 28.5 Å². The number of benzene rings is 2. The number of furan rings is 1. The van der Waals surface area contributed by atoms with Gasteiger partial charge in [-0.25, -0.2) is 0 Å². The first-order valence-corrected chi connectivity index (χ1v) is 12.1. The van der Waals surface area contributed by atoms with Crippen molar-refractivity contribution < 1.29 is 13.9 Å². The Morgan fingerprint density at radius 2 is 1.92 bits per heavy atom. The maximum absolute atomic E-state index is 12.0. The fraction of sp³-hybridized carbons (Fsp3) is 0.179. The minimum atomic E-state index is -0.300. The molecule has 0 bridgehead atoms. The van der Waals surface area contributed by atoms with E-state index in [0.29, 0.717) is 23.0 Å². The highest BCUT2D eigenvalue weighted by atomic mass is 32.1. The fourth-order valence-electron chi connectivity index (χ4n) is 4.36. The molecule has 1 amide bonds. The summed E-state index contributed by atoms with van der Waals surface area (Å²) in [6.45, 7) is 1.81. The summed E-state index contributed by atoms with van der Waals surface area (Å²) in [5.74, 6) is 1.98. The molecule has 182 valence electrons. The van der Waals surface area contributed by atoms with Gasteiger partial charge in [-0.15, -0.1) is 0 Å². The molecule has 2 aromatic heterocycles. The fourth-order valence-corrected chi connectivity index (χ4v) is 4.71. The van der Waals surface area contributed by atoms with Crippen LogP contribution in [0, 0.1) is 0 Å². The van der Waals surface area contributed by atoms with Crippen LogP contribution in [0.25, 0.3) is 11.3 Å². The molecule has 0 unspecified atom stereocenters. The molecule has 1 fully saturated rings. The largest absolute Gasteiger partial charge is 0.494 e. The molecule has 0 aliphatic carbocycles. The van der Waals surface area contributed by atoms with Gasteiger partial charge in [-0.1, -0.05) is 43.3 Å². The molecular formula is C28H26N4O3S. The van der Waals surface area contributed by atoms with E-state index in [2.05, 4.69) is 15.6 Å². The Balaban J connectivity index is 1.57. The minimum Gasteiger partial charge on any atom is -0.494 e. The van der Waals surface area contributed by atoms with E-state index in [4.69, 9.17) is 21.4 Å². The highest BCUT2D eigenvalue weighted by Gasteiger charge is 2.42. The van der Waals surface area contributed by atoms with Gasteiger partial charge in [-0.3, -0.25) is 9.78 Å². The molecule has 3 heterocycles. The molecule has 0 radical (unpaired) electrons. The maximum atomic E-state index is 12.0. The Morgan fingerprint density at radius 1 is 1.11 bits per heavy atom. The van der Waals surface area contributed by atoms with Crippen molar-refractivity contribution in [3.63, 3.8) is 0 Å². The molecular weight excluding hydrogens is 472 g/mol. The van der Waals surface area contributed by atoms with Crippen LogP contribution in [0.2, 0.25) is 0 Å². The Bertz CT molecular complexity index is 1370. The number of methoxy groups -OCH3 is 1. The van der Waals surface area contributed by atoms with Gasteiger partial charge in [0.05, 0.1) is 24.5 Å². The summed E-state index contributed by atoms with van der Waals surface area (Å²) in [7, 11) is 1.58. The molecule has 1 aliphatic rings. The highest BCUT2D eigenvalue weighted by Crippen LogP contribution is 2.44. The van der Waals surface area contributed by atoms with Crippen LogP contribution in [0.4, 0.5) is 11.4 Å². The third-order valence-corrected chi connectivity index (χ3v) is 6.45. The highest BCUT2D eigenvalue weighted by molar-refractivity contribution is 7.80. The Hall–Kier alpha value is -4.17. The van der Waals surface area contributed by atoms with Crippen molar-refractivity contribution in [1.82, 2.24) is 10.3 Å². The third kappa shape index (κ3) is 4.55. The third-order valence-electron chi connectivity index (χ3n) is 6.13. The second-order valence-electron chi connectivity index (χ2n) is 8.35.